The molecule has 0 aliphatic carbocycles. The molecular weight excluding hydrogens is 197 g/mol. The average Bonchev–Trinajstić information content (AvgIpc) is 1.88. The minimum atomic E-state index is 0. The first-order chi connectivity index (χ1) is 4.70. The van der Waals surface area contributed by atoms with Crippen LogP contribution in [0.3, 0.4) is 0 Å². The van der Waals surface area contributed by atoms with Gasteiger partial charge in [0.25, 0.3) is 0 Å². The lowest BCUT2D eigenvalue weighted by Gasteiger charge is -2.32. The van der Waals surface area contributed by atoms with Gasteiger partial charge in [0.15, 0.2) is 0 Å². The van der Waals surface area contributed by atoms with E-state index in [1.165, 1.54) is 6.42 Å². The van der Waals surface area contributed by atoms with Crippen molar-refractivity contribution in [2.24, 2.45) is 5.73 Å². The minimum Gasteiger partial charge on any atom is -0.327 e. The molecule has 0 aromatic carbocycles. The Morgan fingerprint density at radius 2 is 1.83 bits per heavy atom. The molecule has 76 valence electrons. The molecule has 0 amide bonds. The third kappa shape index (κ3) is 4.48. The maximum absolute atomic E-state index is 5.72. The lowest BCUT2D eigenvalue weighted by Crippen LogP contribution is -2.51. The molecule has 3 nitrogen and oxygen atoms in total. The fourth-order valence-electron chi connectivity index (χ4n) is 1.30. The first-order valence-electron chi connectivity index (χ1n) is 3.85. The van der Waals surface area contributed by atoms with Crippen LogP contribution in [0, 0.1) is 0 Å². The maximum Gasteiger partial charge on any atom is 0.0593 e. The molecule has 1 aliphatic heterocycles. The van der Waals surface area contributed by atoms with E-state index in [1.54, 1.807) is 0 Å². The van der Waals surface area contributed by atoms with Gasteiger partial charge in [-0.3, -0.25) is 4.90 Å². The number of halogens is 2. The molecule has 5 heteroatoms. The summed E-state index contributed by atoms with van der Waals surface area (Å²) in [5.74, 6) is 0. The normalized spacial score (nSPS) is 29.0. The van der Waals surface area contributed by atoms with E-state index in [0.717, 1.165) is 13.0 Å². The zero-order valence-electron chi connectivity index (χ0n) is 7.62. The fourth-order valence-corrected chi connectivity index (χ4v) is 1.30. The van der Waals surface area contributed by atoms with Gasteiger partial charge in [-0.2, -0.15) is 0 Å². The molecule has 1 rings (SSSR count). The van der Waals surface area contributed by atoms with Gasteiger partial charge in [-0.25, -0.2) is 0 Å². The van der Waals surface area contributed by atoms with Gasteiger partial charge in [0.2, 0.25) is 0 Å². The summed E-state index contributed by atoms with van der Waals surface area (Å²) in [5, 5.41) is 3.37. The third-order valence-electron chi connectivity index (χ3n) is 2.05. The summed E-state index contributed by atoms with van der Waals surface area (Å²) in [4.78, 5) is 2.20. The lowest BCUT2D eigenvalue weighted by molar-refractivity contribution is 0.194. The van der Waals surface area contributed by atoms with Gasteiger partial charge in [-0.1, -0.05) is 0 Å². The van der Waals surface area contributed by atoms with Crippen LogP contribution in [0.15, 0.2) is 0 Å². The van der Waals surface area contributed by atoms with Crippen LogP contribution in [0.5, 0.6) is 0 Å². The SMILES string of the molecule is CN(C)C1CCC(N)CN1.Cl.Cl. The molecule has 1 aliphatic rings. The quantitative estimate of drug-likeness (QED) is 0.667. The predicted octanol–water partition coefficient (Wildman–Crippen LogP) is 0.428. The Balaban J connectivity index is 0. The Kier molecular flexibility index (Phi) is 8.63. The van der Waals surface area contributed by atoms with E-state index >= 15 is 0 Å². The highest BCUT2D eigenvalue weighted by Crippen LogP contribution is 2.07. The lowest BCUT2D eigenvalue weighted by atomic mass is 10.1. The number of hydrogen-bond donors (Lipinski definition) is 2. The summed E-state index contributed by atoms with van der Waals surface area (Å²) >= 11 is 0. The Labute approximate surface area is 86.9 Å². The molecular formula is C7H19Cl2N3. The van der Waals surface area contributed by atoms with Gasteiger partial charge in [-0.15, -0.1) is 24.8 Å². The third-order valence-corrected chi connectivity index (χ3v) is 2.05. The van der Waals surface area contributed by atoms with Gasteiger partial charge in [0.1, 0.15) is 0 Å². The van der Waals surface area contributed by atoms with E-state index in [0.29, 0.717) is 12.2 Å². The highest BCUT2D eigenvalue weighted by atomic mass is 35.5. The van der Waals surface area contributed by atoms with Crippen LogP contribution < -0.4 is 11.1 Å². The van der Waals surface area contributed by atoms with E-state index in [2.05, 4.69) is 24.3 Å². The second-order valence-electron chi connectivity index (χ2n) is 3.23. The molecule has 2 unspecified atom stereocenters. The van der Waals surface area contributed by atoms with Gasteiger partial charge in [0, 0.05) is 12.6 Å². The molecule has 0 aromatic rings. The highest BCUT2D eigenvalue weighted by molar-refractivity contribution is 5.85. The fraction of sp³-hybridized carbons (Fsp3) is 1.00. The van der Waals surface area contributed by atoms with E-state index < -0.39 is 0 Å². The first kappa shape index (κ1) is 15.0. The Morgan fingerprint density at radius 3 is 2.17 bits per heavy atom. The maximum atomic E-state index is 5.72. The molecule has 0 bridgehead atoms. The molecule has 1 saturated heterocycles. The van der Waals surface area contributed by atoms with Crippen LogP contribution in [-0.2, 0) is 0 Å². The molecule has 0 radical (unpaired) electrons. The van der Waals surface area contributed by atoms with Crippen LogP contribution in [0.1, 0.15) is 12.8 Å². The largest absolute Gasteiger partial charge is 0.327 e. The van der Waals surface area contributed by atoms with Gasteiger partial charge < -0.3 is 11.1 Å². The second kappa shape index (κ2) is 6.92. The number of nitrogens with zero attached hydrogens (tertiary/aromatic N) is 1. The first-order valence-corrected chi connectivity index (χ1v) is 3.85. The summed E-state index contributed by atoms with van der Waals surface area (Å²) in [7, 11) is 4.18. The van der Waals surface area contributed by atoms with Crippen molar-refractivity contribution in [3.8, 4) is 0 Å². The van der Waals surface area contributed by atoms with E-state index in [1.807, 2.05) is 0 Å². The standard InChI is InChI=1S/C7H17N3.2ClH/c1-10(2)7-4-3-6(8)5-9-7;;/h6-7,9H,3-5,8H2,1-2H3;2*1H. The van der Waals surface area contributed by atoms with Crippen LogP contribution in [0.25, 0.3) is 0 Å². The molecule has 12 heavy (non-hydrogen) atoms. The highest BCUT2D eigenvalue weighted by Gasteiger charge is 2.18. The van der Waals surface area contributed by atoms with E-state index in [4.69, 9.17) is 5.73 Å². The van der Waals surface area contributed by atoms with Crippen LogP contribution >= 0.6 is 24.8 Å². The number of piperidine rings is 1. The van der Waals surface area contributed by atoms with Gasteiger partial charge in [-0.05, 0) is 26.9 Å². The van der Waals surface area contributed by atoms with E-state index in [-0.39, 0.29) is 24.8 Å². The van der Waals surface area contributed by atoms with Crippen LogP contribution in [-0.4, -0.2) is 37.7 Å². The number of nitrogens with one attached hydrogen (secondary N) is 1. The molecule has 1 heterocycles. The van der Waals surface area contributed by atoms with Crippen molar-refractivity contribution in [1.82, 2.24) is 10.2 Å². The summed E-state index contributed by atoms with van der Waals surface area (Å²) in [6.45, 7) is 0.961. The predicted molar refractivity (Wildman–Crippen MR) is 57.2 cm³/mol. The molecule has 1 fully saturated rings. The second-order valence-corrected chi connectivity index (χ2v) is 3.23. The minimum absolute atomic E-state index is 0. The van der Waals surface area contributed by atoms with E-state index in [9.17, 15) is 0 Å². The Morgan fingerprint density at radius 1 is 1.25 bits per heavy atom. The van der Waals surface area contributed by atoms with Crippen molar-refractivity contribution in [3.63, 3.8) is 0 Å². The summed E-state index contributed by atoms with van der Waals surface area (Å²) < 4.78 is 0. The molecule has 0 aromatic heterocycles. The van der Waals surface area contributed by atoms with Crippen LogP contribution in [0.4, 0.5) is 0 Å². The van der Waals surface area contributed by atoms with Crippen molar-refractivity contribution in [1.29, 1.82) is 0 Å². The van der Waals surface area contributed by atoms with Gasteiger partial charge >= 0.3 is 0 Å². The smallest absolute Gasteiger partial charge is 0.0593 e. The Bertz CT molecular complexity index is 103. The summed E-state index contributed by atoms with van der Waals surface area (Å²) in [6, 6.07) is 0.371. The molecule has 2 atom stereocenters. The monoisotopic (exact) mass is 215 g/mol. The number of hydrogen-bond acceptors (Lipinski definition) is 3. The number of nitrogens with two attached hydrogens (primary N) is 1. The zero-order valence-corrected chi connectivity index (χ0v) is 9.25. The zero-order chi connectivity index (χ0) is 7.56. The average molecular weight is 216 g/mol. The van der Waals surface area contributed by atoms with Crippen molar-refractivity contribution in [2.45, 2.75) is 25.0 Å². The molecule has 0 spiro atoms. The van der Waals surface area contributed by atoms with Crippen molar-refractivity contribution in [2.75, 3.05) is 20.6 Å². The Hall–Kier alpha value is 0.460. The molecule has 0 saturated carbocycles. The topological polar surface area (TPSA) is 41.3 Å². The van der Waals surface area contributed by atoms with Crippen molar-refractivity contribution >= 4 is 24.8 Å². The summed E-state index contributed by atoms with van der Waals surface area (Å²) in [6.07, 6.45) is 2.86. The van der Waals surface area contributed by atoms with Gasteiger partial charge in [0.05, 0.1) is 6.17 Å². The summed E-state index contributed by atoms with van der Waals surface area (Å²) in [5.41, 5.74) is 5.72. The van der Waals surface area contributed by atoms with Crippen LogP contribution in [0.2, 0.25) is 0 Å². The van der Waals surface area contributed by atoms with Crippen molar-refractivity contribution < 1.29 is 0 Å². The number of rotatable bonds is 1. The molecule has 3 N–H and O–H groups in total. The van der Waals surface area contributed by atoms with Crippen molar-refractivity contribution in [3.05, 3.63) is 0 Å².